The Morgan fingerprint density at radius 3 is 2.67 bits per heavy atom. The monoisotopic (exact) mass is 368 g/mol. The minimum absolute atomic E-state index is 0.0407. The Morgan fingerprint density at radius 2 is 2.00 bits per heavy atom. The highest BCUT2D eigenvalue weighted by molar-refractivity contribution is 5.76. The molecule has 1 aliphatic heterocycles. The van der Waals surface area contributed by atoms with E-state index in [1.165, 1.54) is 12.8 Å². The first-order valence-electron chi connectivity index (χ1n) is 9.85. The fourth-order valence-electron chi connectivity index (χ4n) is 3.66. The molecular weight excluding hydrogens is 340 g/mol. The van der Waals surface area contributed by atoms with Crippen LogP contribution >= 0.6 is 0 Å². The van der Waals surface area contributed by atoms with Crippen LogP contribution in [0.1, 0.15) is 42.5 Å². The molecule has 0 unspecified atom stereocenters. The SMILES string of the molecule is N[C@@H]1CCN(C(=O)Cn2nc(CC3CC3)nc2[C@H](N)Cc2ccccc2)C1. The van der Waals surface area contributed by atoms with Gasteiger partial charge in [0.25, 0.3) is 0 Å². The quantitative estimate of drug-likeness (QED) is 0.760. The summed E-state index contributed by atoms with van der Waals surface area (Å²) in [6.07, 6.45) is 4.89. The van der Waals surface area contributed by atoms with Crippen molar-refractivity contribution in [3.63, 3.8) is 0 Å². The maximum Gasteiger partial charge on any atom is 0.244 e. The van der Waals surface area contributed by atoms with E-state index in [2.05, 4.69) is 17.2 Å². The van der Waals surface area contributed by atoms with Crippen LogP contribution < -0.4 is 11.5 Å². The van der Waals surface area contributed by atoms with Crippen LogP contribution in [0.3, 0.4) is 0 Å². The molecule has 2 aromatic rings. The number of carbonyl (C=O) groups excluding carboxylic acids is 1. The number of aromatic nitrogens is 3. The van der Waals surface area contributed by atoms with Gasteiger partial charge >= 0.3 is 0 Å². The van der Waals surface area contributed by atoms with E-state index in [-0.39, 0.29) is 24.5 Å². The Morgan fingerprint density at radius 1 is 1.22 bits per heavy atom. The summed E-state index contributed by atoms with van der Waals surface area (Å²) < 4.78 is 1.72. The molecular formula is C20H28N6O. The van der Waals surface area contributed by atoms with Crippen LogP contribution in [0.4, 0.5) is 0 Å². The summed E-state index contributed by atoms with van der Waals surface area (Å²) in [7, 11) is 0. The molecule has 2 aliphatic rings. The normalized spacial score (nSPS) is 20.8. The van der Waals surface area contributed by atoms with Gasteiger partial charge in [-0.05, 0) is 37.2 Å². The molecule has 0 bridgehead atoms. The van der Waals surface area contributed by atoms with Crippen molar-refractivity contribution < 1.29 is 4.79 Å². The first kappa shape index (κ1) is 18.1. The molecule has 7 nitrogen and oxygen atoms in total. The third-order valence-corrected chi connectivity index (χ3v) is 5.40. The van der Waals surface area contributed by atoms with Gasteiger partial charge in [0, 0.05) is 25.6 Å². The van der Waals surface area contributed by atoms with Gasteiger partial charge < -0.3 is 16.4 Å². The summed E-state index contributed by atoms with van der Waals surface area (Å²) in [5, 5.41) is 4.63. The van der Waals surface area contributed by atoms with Crippen LogP contribution in [0.25, 0.3) is 0 Å². The van der Waals surface area contributed by atoms with Crippen LogP contribution in [0.15, 0.2) is 30.3 Å². The lowest BCUT2D eigenvalue weighted by Crippen LogP contribution is -2.35. The average Bonchev–Trinajstić information content (AvgIpc) is 3.21. The number of carbonyl (C=O) groups is 1. The van der Waals surface area contributed by atoms with Gasteiger partial charge in [0.05, 0.1) is 6.04 Å². The van der Waals surface area contributed by atoms with Crippen molar-refractivity contribution in [1.29, 1.82) is 0 Å². The minimum atomic E-state index is -0.290. The van der Waals surface area contributed by atoms with E-state index >= 15 is 0 Å². The van der Waals surface area contributed by atoms with Crippen molar-refractivity contribution in [2.24, 2.45) is 17.4 Å². The summed E-state index contributed by atoms with van der Waals surface area (Å²) in [5.74, 6) is 2.23. The largest absolute Gasteiger partial charge is 0.339 e. The second kappa shape index (κ2) is 7.78. The van der Waals surface area contributed by atoms with Crippen molar-refractivity contribution in [1.82, 2.24) is 19.7 Å². The van der Waals surface area contributed by atoms with E-state index in [0.717, 1.165) is 30.8 Å². The second-order valence-corrected chi connectivity index (χ2v) is 7.88. The van der Waals surface area contributed by atoms with Crippen LogP contribution in [-0.4, -0.2) is 44.7 Å². The zero-order valence-electron chi connectivity index (χ0n) is 15.6. The number of hydrogen-bond acceptors (Lipinski definition) is 5. The second-order valence-electron chi connectivity index (χ2n) is 7.88. The fourth-order valence-corrected chi connectivity index (χ4v) is 3.66. The van der Waals surface area contributed by atoms with Crippen molar-refractivity contribution in [2.45, 2.75) is 50.7 Å². The van der Waals surface area contributed by atoms with Gasteiger partial charge in [-0.2, -0.15) is 5.10 Å². The Hall–Kier alpha value is -2.25. The summed E-state index contributed by atoms with van der Waals surface area (Å²) in [6, 6.07) is 9.91. The van der Waals surface area contributed by atoms with Crippen LogP contribution in [0.2, 0.25) is 0 Å². The van der Waals surface area contributed by atoms with Crippen LogP contribution in [0.5, 0.6) is 0 Å². The van der Waals surface area contributed by atoms with E-state index in [1.807, 2.05) is 23.1 Å². The molecule has 0 spiro atoms. The molecule has 2 heterocycles. The molecule has 2 atom stereocenters. The van der Waals surface area contributed by atoms with Gasteiger partial charge in [-0.15, -0.1) is 0 Å². The average molecular weight is 368 g/mol. The Labute approximate surface area is 159 Å². The lowest BCUT2D eigenvalue weighted by atomic mass is 10.1. The maximum atomic E-state index is 12.7. The Balaban J connectivity index is 1.51. The summed E-state index contributed by atoms with van der Waals surface area (Å²) in [5.41, 5.74) is 13.6. The Bertz CT molecular complexity index is 785. The highest BCUT2D eigenvalue weighted by Gasteiger charge is 2.28. The van der Waals surface area contributed by atoms with Crippen LogP contribution in [-0.2, 0) is 24.2 Å². The number of likely N-dealkylation sites (tertiary alicyclic amines) is 1. The molecule has 0 radical (unpaired) electrons. The number of nitrogens with zero attached hydrogens (tertiary/aromatic N) is 4. The molecule has 1 amide bonds. The highest BCUT2D eigenvalue weighted by Crippen LogP contribution is 2.32. The number of rotatable bonds is 7. The van der Waals surface area contributed by atoms with E-state index in [4.69, 9.17) is 16.5 Å². The van der Waals surface area contributed by atoms with Gasteiger partial charge in [-0.25, -0.2) is 9.67 Å². The molecule has 1 aromatic carbocycles. The minimum Gasteiger partial charge on any atom is -0.339 e. The predicted octanol–water partition coefficient (Wildman–Crippen LogP) is 1.03. The van der Waals surface area contributed by atoms with Gasteiger partial charge in [0.2, 0.25) is 5.91 Å². The molecule has 4 rings (SSSR count). The van der Waals surface area contributed by atoms with E-state index in [1.54, 1.807) is 4.68 Å². The smallest absolute Gasteiger partial charge is 0.244 e. The molecule has 1 saturated carbocycles. The van der Waals surface area contributed by atoms with Gasteiger partial charge in [0.1, 0.15) is 12.4 Å². The molecule has 7 heteroatoms. The van der Waals surface area contributed by atoms with E-state index < -0.39 is 0 Å². The topological polar surface area (TPSA) is 103 Å². The third kappa shape index (κ3) is 4.54. The first-order chi connectivity index (χ1) is 13.1. The van der Waals surface area contributed by atoms with E-state index in [9.17, 15) is 4.79 Å². The zero-order valence-corrected chi connectivity index (χ0v) is 15.6. The third-order valence-electron chi connectivity index (χ3n) is 5.40. The number of nitrogens with two attached hydrogens (primary N) is 2. The van der Waals surface area contributed by atoms with Crippen LogP contribution in [0, 0.1) is 5.92 Å². The fraction of sp³-hybridized carbons (Fsp3) is 0.550. The Kier molecular flexibility index (Phi) is 5.22. The molecule has 4 N–H and O–H groups in total. The van der Waals surface area contributed by atoms with E-state index in [0.29, 0.717) is 24.7 Å². The summed E-state index contributed by atoms with van der Waals surface area (Å²) >= 11 is 0. The summed E-state index contributed by atoms with van der Waals surface area (Å²) in [6.45, 7) is 1.52. The van der Waals surface area contributed by atoms with Crippen molar-refractivity contribution >= 4 is 5.91 Å². The maximum absolute atomic E-state index is 12.7. The molecule has 2 fully saturated rings. The number of amides is 1. The van der Waals surface area contributed by atoms with Gasteiger partial charge in [-0.1, -0.05) is 30.3 Å². The molecule has 27 heavy (non-hydrogen) atoms. The molecule has 1 aromatic heterocycles. The van der Waals surface area contributed by atoms with Crippen molar-refractivity contribution in [3.8, 4) is 0 Å². The summed E-state index contributed by atoms with van der Waals surface area (Å²) in [4.78, 5) is 19.2. The highest BCUT2D eigenvalue weighted by atomic mass is 16.2. The van der Waals surface area contributed by atoms with Gasteiger partial charge in [-0.3, -0.25) is 4.79 Å². The predicted molar refractivity (Wildman–Crippen MR) is 103 cm³/mol. The lowest BCUT2D eigenvalue weighted by molar-refractivity contribution is -0.131. The van der Waals surface area contributed by atoms with Crippen molar-refractivity contribution in [3.05, 3.63) is 47.5 Å². The number of hydrogen-bond donors (Lipinski definition) is 2. The standard InChI is InChI=1S/C20H28N6O/c21-16-8-9-25(12-16)19(27)13-26-20(23-18(24-26)11-15-6-7-15)17(22)10-14-4-2-1-3-5-14/h1-5,15-17H,6-13,21-22H2/t16-,17-/m1/s1. The van der Waals surface area contributed by atoms with Crippen molar-refractivity contribution in [2.75, 3.05) is 13.1 Å². The molecule has 1 aliphatic carbocycles. The number of benzene rings is 1. The molecule has 144 valence electrons. The first-order valence-corrected chi connectivity index (χ1v) is 9.85. The zero-order chi connectivity index (χ0) is 18.8. The van der Waals surface area contributed by atoms with Gasteiger partial charge in [0.15, 0.2) is 5.82 Å². The lowest BCUT2D eigenvalue weighted by Gasteiger charge is -2.17. The molecule has 1 saturated heterocycles.